The summed E-state index contributed by atoms with van der Waals surface area (Å²) in [5.41, 5.74) is 0.707. The molecule has 0 saturated carbocycles. The molecule has 2 rings (SSSR count). The normalized spacial score (nSPS) is 9.81. The minimum Gasteiger partial charge on any atom is -0.321 e. The van der Waals surface area contributed by atoms with Gasteiger partial charge in [-0.3, -0.25) is 0 Å². The van der Waals surface area contributed by atoms with Gasteiger partial charge in [-0.15, -0.1) is 0 Å². The molecule has 0 aliphatic heterocycles. The van der Waals surface area contributed by atoms with Crippen LogP contribution in [0.15, 0.2) is 30.5 Å². The second-order valence-corrected chi connectivity index (χ2v) is 4.17. The third-order valence-electron chi connectivity index (χ3n) is 2.09. The molecule has 0 saturated heterocycles. The second-order valence-electron chi connectivity index (χ2n) is 3.16. The van der Waals surface area contributed by atoms with E-state index in [1.807, 2.05) is 6.07 Å². The zero-order chi connectivity index (χ0) is 11.5. The Hall–Kier alpha value is -1.93. The Labute approximate surface area is 96.4 Å². The van der Waals surface area contributed by atoms with E-state index in [1.54, 1.807) is 24.1 Å². The van der Waals surface area contributed by atoms with Gasteiger partial charge in [-0.1, -0.05) is 17.4 Å². The number of benzene rings is 1. The molecule has 0 atom stereocenters. The molecule has 2 aromatic rings. The van der Waals surface area contributed by atoms with Crippen molar-refractivity contribution in [3.8, 4) is 6.07 Å². The second kappa shape index (κ2) is 4.29. The van der Waals surface area contributed by atoms with Crippen molar-refractivity contribution >= 4 is 22.2 Å². The fourth-order valence-electron chi connectivity index (χ4n) is 1.27. The number of nitrogens with zero attached hydrogens (tertiary/aromatic N) is 3. The van der Waals surface area contributed by atoms with E-state index in [0.717, 1.165) is 0 Å². The lowest BCUT2D eigenvalue weighted by molar-refractivity contribution is 0.628. The Balaban J connectivity index is 2.32. The molecule has 0 spiro atoms. The van der Waals surface area contributed by atoms with Crippen molar-refractivity contribution in [2.45, 2.75) is 0 Å². The topological polar surface area (TPSA) is 39.9 Å². The Kier molecular flexibility index (Phi) is 2.84. The van der Waals surface area contributed by atoms with Crippen LogP contribution in [0, 0.1) is 17.1 Å². The SMILES string of the molecule is CN(c1cccc(F)c1)c1ncc(C#N)s1. The number of thiazole rings is 1. The van der Waals surface area contributed by atoms with Gasteiger partial charge in [-0.25, -0.2) is 9.37 Å². The lowest BCUT2D eigenvalue weighted by atomic mass is 10.3. The molecule has 0 unspecified atom stereocenters. The minimum absolute atomic E-state index is 0.290. The predicted molar refractivity (Wildman–Crippen MR) is 61.3 cm³/mol. The van der Waals surface area contributed by atoms with Crippen LogP contribution in [0.4, 0.5) is 15.2 Å². The van der Waals surface area contributed by atoms with Crippen LogP contribution in [0.5, 0.6) is 0 Å². The maximum atomic E-state index is 13.0. The van der Waals surface area contributed by atoms with Crippen molar-refractivity contribution in [1.29, 1.82) is 5.26 Å². The number of aromatic nitrogens is 1. The number of anilines is 2. The highest BCUT2D eigenvalue weighted by molar-refractivity contribution is 7.16. The van der Waals surface area contributed by atoms with E-state index < -0.39 is 0 Å². The quantitative estimate of drug-likeness (QED) is 0.800. The molecule has 1 aromatic heterocycles. The number of hydrogen-bond acceptors (Lipinski definition) is 4. The Bertz CT molecular complexity index is 544. The first-order valence-electron chi connectivity index (χ1n) is 4.56. The van der Waals surface area contributed by atoms with Crippen LogP contribution in [0.25, 0.3) is 0 Å². The summed E-state index contributed by atoms with van der Waals surface area (Å²) in [5, 5.41) is 9.36. The van der Waals surface area contributed by atoms with Gasteiger partial charge in [0.25, 0.3) is 0 Å². The number of rotatable bonds is 2. The lowest BCUT2D eigenvalue weighted by Gasteiger charge is -2.15. The van der Waals surface area contributed by atoms with Crippen molar-refractivity contribution in [3.63, 3.8) is 0 Å². The molecule has 16 heavy (non-hydrogen) atoms. The van der Waals surface area contributed by atoms with E-state index in [2.05, 4.69) is 4.98 Å². The van der Waals surface area contributed by atoms with Gasteiger partial charge < -0.3 is 4.90 Å². The van der Waals surface area contributed by atoms with Crippen LogP contribution in [-0.2, 0) is 0 Å². The first-order valence-corrected chi connectivity index (χ1v) is 5.37. The highest BCUT2D eigenvalue weighted by Crippen LogP contribution is 2.27. The van der Waals surface area contributed by atoms with Gasteiger partial charge in [-0.2, -0.15) is 5.26 Å². The van der Waals surface area contributed by atoms with Gasteiger partial charge in [0.15, 0.2) is 5.13 Å². The molecule has 0 N–H and O–H groups in total. The van der Waals surface area contributed by atoms with Gasteiger partial charge in [0.1, 0.15) is 16.8 Å². The third-order valence-corrected chi connectivity index (χ3v) is 3.06. The molecule has 80 valence electrons. The minimum atomic E-state index is -0.290. The van der Waals surface area contributed by atoms with Gasteiger partial charge in [0, 0.05) is 12.7 Å². The first-order chi connectivity index (χ1) is 7.70. The Morgan fingerprint density at radius 3 is 2.94 bits per heavy atom. The maximum absolute atomic E-state index is 13.0. The Morgan fingerprint density at radius 2 is 2.31 bits per heavy atom. The largest absolute Gasteiger partial charge is 0.321 e. The summed E-state index contributed by atoms with van der Waals surface area (Å²) in [6, 6.07) is 8.26. The monoisotopic (exact) mass is 233 g/mol. The van der Waals surface area contributed by atoms with E-state index in [4.69, 9.17) is 5.26 Å². The molecule has 1 heterocycles. The van der Waals surface area contributed by atoms with E-state index in [1.165, 1.54) is 29.7 Å². The van der Waals surface area contributed by atoms with E-state index in [-0.39, 0.29) is 5.82 Å². The highest BCUT2D eigenvalue weighted by Gasteiger charge is 2.09. The summed E-state index contributed by atoms with van der Waals surface area (Å²) >= 11 is 1.27. The molecule has 0 aliphatic rings. The zero-order valence-electron chi connectivity index (χ0n) is 8.51. The summed E-state index contributed by atoms with van der Waals surface area (Å²) in [4.78, 5) is 6.38. The summed E-state index contributed by atoms with van der Waals surface area (Å²) in [6.45, 7) is 0. The van der Waals surface area contributed by atoms with Gasteiger partial charge in [0.05, 0.1) is 6.20 Å². The van der Waals surface area contributed by atoms with Gasteiger partial charge in [0.2, 0.25) is 0 Å². The molecule has 0 fully saturated rings. The van der Waals surface area contributed by atoms with Gasteiger partial charge >= 0.3 is 0 Å². The predicted octanol–water partition coefficient (Wildman–Crippen LogP) is 2.92. The first kappa shape index (κ1) is 10.6. The molecule has 3 nitrogen and oxygen atoms in total. The van der Waals surface area contributed by atoms with Crippen LogP contribution < -0.4 is 4.90 Å². The molecule has 0 amide bonds. The summed E-state index contributed by atoms with van der Waals surface area (Å²) in [5.74, 6) is -0.290. The zero-order valence-corrected chi connectivity index (χ0v) is 9.33. The standard InChI is InChI=1S/C11H8FN3S/c1-15(9-4-2-3-8(12)5-9)11-14-7-10(6-13)16-11/h2-5,7H,1H3. The third kappa shape index (κ3) is 2.02. The Morgan fingerprint density at radius 1 is 1.50 bits per heavy atom. The fourth-order valence-corrected chi connectivity index (χ4v) is 1.96. The molecule has 0 bridgehead atoms. The molecular formula is C11H8FN3S. The van der Waals surface area contributed by atoms with Gasteiger partial charge in [-0.05, 0) is 18.2 Å². The van der Waals surface area contributed by atoms with Crippen molar-refractivity contribution < 1.29 is 4.39 Å². The van der Waals surface area contributed by atoms with Crippen LogP contribution >= 0.6 is 11.3 Å². The van der Waals surface area contributed by atoms with E-state index in [0.29, 0.717) is 15.7 Å². The average Bonchev–Trinajstić information content (AvgIpc) is 2.76. The number of halogens is 1. The highest BCUT2D eigenvalue weighted by atomic mass is 32.1. The number of hydrogen-bond donors (Lipinski definition) is 0. The van der Waals surface area contributed by atoms with Crippen LogP contribution in [0.3, 0.4) is 0 Å². The summed E-state index contributed by atoms with van der Waals surface area (Å²) in [7, 11) is 1.79. The molecule has 0 radical (unpaired) electrons. The molecular weight excluding hydrogens is 225 g/mol. The van der Waals surface area contributed by atoms with Crippen molar-refractivity contribution in [2.75, 3.05) is 11.9 Å². The smallest absolute Gasteiger partial charge is 0.190 e. The van der Waals surface area contributed by atoms with Crippen LogP contribution in [-0.4, -0.2) is 12.0 Å². The summed E-state index contributed by atoms with van der Waals surface area (Å²) < 4.78 is 13.0. The van der Waals surface area contributed by atoms with Crippen molar-refractivity contribution in [1.82, 2.24) is 4.98 Å². The maximum Gasteiger partial charge on any atom is 0.190 e. The summed E-state index contributed by atoms with van der Waals surface area (Å²) in [6.07, 6.45) is 1.51. The van der Waals surface area contributed by atoms with E-state index >= 15 is 0 Å². The van der Waals surface area contributed by atoms with Crippen LogP contribution in [0.1, 0.15) is 4.88 Å². The van der Waals surface area contributed by atoms with E-state index in [9.17, 15) is 4.39 Å². The van der Waals surface area contributed by atoms with Crippen LogP contribution in [0.2, 0.25) is 0 Å². The molecule has 1 aromatic carbocycles. The molecule has 0 aliphatic carbocycles. The van der Waals surface area contributed by atoms with Crippen molar-refractivity contribution in [2.24, 2.45) is 0 Å². The average molecular weight is 233 g/mol. The number of nitriles is 1. The lowest BCUT2D eigenvalue weighted by Crippen LogP contribution is -2.08. The van der Waals surface area contributed by atoms with Crippen molar-refractivity contribution in [3.05, 3.63) is 41.2 Å². The fraction of sp³-hybridized carbons (Fsp3) is 0.0909. The molecule has 5 heteroatoms.